The Kier molecular flexibility index (Phi) is 7.37. The average Bonchev–Trinajstić information content (AvgIpc) is 3.34. The zero-order valence-corrected chi connectivity index (χ0v) is 21.0. The Morgan fingerprint density at radius 1 is 1.05 bits per heavy atom. The van der Waals surface area contributed by atoms with Gasteiger partial charge in [-0.25, -0.2) is 4.68 Å². The van der Waals surface area contributed by atoms with Gasteiger partial charge in [0, 0.05) is 48.6 Å². The Labute approximate surface area is 216 Å². The second kappa shape index (κ2) is 11.2. The van der Waals surface area contributed by atoms with Crippen molar-refractivity contribution in [1.29, 1.82) is 0 Å². The van der Waals surface area contributed by atoms with Gasteiger partial charge in [-0.15, -0.1) is 0 Å². The number of methoxy groups -OCH3 is 2. The molecule has 0 bridgehead atoms. The van der Waals surface area contributed by atoms with Crippen LogP contribution in [0.15, 0.2) is 85.2 Å². The number of rotatable bonds is 8. The average molecular weight is 499 g/mol. The van der Waals surface area contributed by atoms with Crippen molar-refractivity contribution in [3.63, 3.8) is 0 Å². The molecule has 1 aliphatic heterocycles. The molecule has 0 fully saturated rings. The minimum atomic E-state index is -0.270. The van der Waals surface area contributed by atoms with Crippen LogP contribution >= 0.6 is 0 Å². The fourth-order valence-corrected chi connectivity index (χ4v) is 4.50. The molecule has 8 nitrogen and oxygen atoms in total. The first-order chi connectivity index (χ1) is 18.1. The van der Waals surface area contributed by atoms with Crippen molar-refractivity contribution in [1.82, 2.24) is 20.0 Å². The number of carbonyl (C=O) groups is 1. The Hall–Kier alpha value is -4.30. The Balaban J connectivity index is 1.26. The van der Waals surface area contributed by atoms with Crippen molar-refractivity contribution in [3.05, 3.63) is 102 Å². The van der Waals surface area contributed by atoms with Crippen molar-refractivity contribution in [2.24, 2.45) is 0 Å². The lowest BCUT2D eigenvalue weighted by molar-refractivity contribution is -0.122. The van der Waals surface area contributed by atoms with E-state index in [-0.39, 0.29) is 18.6 Å². The molecule has 1 unspecified atom stereocenters. The zero-order valence-electron chi connectivity index (χ0n) is 21.0. The highest BCUT2D eigenvalue weighted by Crippen LogP contribution is 2.34. The zero-order chi connectivity index (χ0) is 25.6. The Bertz CT molecular complexity index is 1370. The van der Waals surface area contributed by atoms with Crippen LogP contribution in [0.25, 0.3) is 5.69 Å². The van der Waals surface area contributed by atoms with Crippen LogP contribution in [0.4, 0.5) is 0 Å². The van der Waals surface area contributed by atoms with Gasteiger partial charge in [0.1, 0.15) is 23.4 Å². The molecule has 0 saturated carbocycles. The lowest BCUT2D eigenvalue weighted by atomic mass is 10.1. The van der Waals surface area contributed by atoms with Gasteiger partial charge in [-0.3, -0.25) is 9.69 Å². The normalized spacial score (nSPS) is 15.2. The number of aromatic nitrogens is 2. The van der Waals surface area contributed by atoms with E-state index >= 15 is 0 Å². The monoisotopic (exact) mass is 498 g/mol. The summed E-state index contributed by atoms with van der Waals surface area (Å²) in [4.78, 5) is 15.1. The molecule has 1 atom stereocenters. The molecular weight excluding hydrogens is 468 g/mol. The number of hydrogen-bond donors (Lipinski definition) is 1. The minimum Gasteiger partial charge on any atom is -0.497 e. The van der Waals surface area contributed by atoms with E-state index in [1.807, 2.05) is 79.0 Å². The van der Waals surface area contributed by atoms with E-state index in [9.17, 15) is 4.79 Å². The fourth-order valence-electron chi connectivity index (χ4n) is 4.50. The van der Waals surface area contributed by atoms with Gasteiger partial charge in [0.2, 0.25) is 5.91 Å². The van der Waals surface area contributed by atoms with Crippen molar-refractivity contribution < 1.29 is 19.0 Å². The molecule has 37 heavy (non-hydrogen) atoms. The molecular formula is C29H30N4O4. The predicted octanol–water partition coefficient (Wildman–Crippen LogP) is 4.14. The molecule has 190 valence electrons. The SMILES string of the molecule is COc1cccc(-n2cc(CNC(=O)CN3Cc4ccccc4OC(c4ccccc4OC)C3)cn2)c1. The highest BCUT2D eigenvalue weighted by Gasteiger charge is 2.27. The third-order valence-corrected chi connectivity index (χ3v) is 6.36. The molecule has 1 N–H and O–H groups in total. The van der Waals surface area contributed by atoms with Crippen molar-refractivity contribution in [3.8, 4) is 22.9 Å². The number of benzene rings is 3. The van der Waals surface area contributed by atoms with Crippen LogP contribution in [-0.4, -0.2) is 47.9 Å². The van der Waals surface area contributed by atoms with Gasteiger partial charge in [-0.05, 0) is 24.3 Å². The van der Waals surface area contributed by atoms with E-state index < -0.39 is 0 Å². The second-order valence-electron chi connectivity index (χ2n) is 8.90. The summed E-state index contributed by atoms with van der Waals surface area (Å²) < 4.78 is 19.1. The molecule has 0 spiro atoms. The largest absolute Gasteiger partial charge is 0.497 e. The molecule has 1 aliphatic rings. The van der Waals surface area contributed by atoms with Crippen LogP contribution in [0.3, 0.4) is 0 Å². The third-order valence-electron chi connectivity index (χ3n) is 6.36. The van der Waals surface area contributed by atoms with E-state index in [0.717, 1.165) is 39.6 Å². The topological polar surface area (TPSA) is 77.9 Å². The number of nitrogens with one attached hydrogen (secondary N) is 1. The van der Waals surface area contributed by atoms with Gasteiger partial charge in [-0.1, -0.05) is 42.5 Å². The summed E-state index contributed by atoms with van der Waals surface area (Å²) in [5.74, 6) is 2.29. The van der Waals surface area contributed by atoms with Gasteiger partial charge in [0.05, 0.1) is 32.6 Å². The Morgan fingerprint density at radius 3 is 2.76 bits per heavy atom. The summed E-state index contributed by atoms with van der Waals surface area (Å²) in [6.45, 7) is 1.80. The van der Waals surface area contributed by atoms with Crippen molar-refractivity contribution in [2.75, 3.05) is 27.3 Å². The van der Waals surface area contributed by atoms with Crippen LogP contribution < -0.4 is 19.5 Å². The quantitative estimate of drug-likeness (QED) is 0.394. The molecule has 4 aromatic rings. The molecule has 1 amide bonds. The maximum absolute atomic E-state index is 13.0. The molecule has 2 heterocycles. The summed E-state index contributed by atoms with van der Waals surface area (Å²) in [5.41, 5.74) is 3.81. The number of fused-ring (bicyclic) bond motifs is 1. The number of amides is 1. The Morgan fingerprint density at radius 2 is 1.89 bits per heavy atom. The second-order valence-corrected chi connectivity index (χ2v) is 8.90. The van der Waals surface area contributed by atoms with E-state index in [1.165, 1.54) is 0 Å². The van der Waals surface area contributed by atoms with Crippen LogP contribution in [0.1, 0.15) is 22.8 Å². The number of carbonyl (C=O) groups excluding carboxylic acids is 1. The summed E-state index contributed by atoms with van der Waals surface area (Å²) in [6.07, 6.45) is 3.39. The van der Waals surface area contributed by atoms with Gasteiger partial charge >= 0.3 is 0 Å². The van der Waals surface area contributed by atoms with E-state index in [4.69, 9.17) is 14.2 Å². The van der Waals surface area contributed by atoms with Crippen LogP contribution in [-0.2, 0) is 17.9 Å². The van der Waals surface area contributed by atoms with E-state index in [0.29, 0.717) is 19.6 Å². The molecule has 0 aliphatic carbocycles. The maximum atomic E-state index is 13.0. The molecule has 1 aromatic heterocycles. The van der Waals surface area contributed by atoms with Crippen molar-refractivity contribution in [2.45, 2.75) is 19.2 Å². The molecule has 0 saturated heterocycles. The van der Waals surface area contributed by atoms with Crippen molar-refractivity contribution >= 4 is 5.91 Å². The van der Waals surface area contributed by atoms with Crippen LogP contribution in [0, 0.1) is 0 Å². The highest BCUT2D eigenvalue weighted by molar-refractivity contribution is 5.78. The van der Waals surface area contributed by atoms with E-state index in [1.54, 1.807) is 25.1 Å². The summed E-state index contributed by atoms with van der Waals surface area (Å²) in [7, 11) is 3.29. The van der Waals surface area contributed by atoms with Gasteiger partial charge in [0.15, 0.2) is 0 Å². The summed E-state index contributed by atoms with van der Waals surface area (Å²) in [6, 6.07) is 23.5. The predicted molar refractivity (Wildman–Crippen MR) is 140 cm³/mol. The first kappa shape index (κ1) is 24.4. The lowest BCUT2D eigenvalue weighted by Gasteiger charge is -2.24. The van der Waals surface area contributed by atoms with Gasteiger partial charge < -0.3 is 19.5 Å². The standard InChI is InChI=1S/C29H30N4O4/c1-35-24-10-7-9-23(14-24)33-17-21(16-31-33)15-30-29(34)20-32-18-22-8-3-5-12-26(22)37-28(19-32)25-11-4-6-13-27(25)36-2/h3-14,16-17,28H,15,18-20H2,1-2H3,(H,30,34). The number of ether oxygens (including phenoxy) is 3. The maximum Gasteiger partial charge on any atom is 0.234 e. The molecule has 5 rings (SSSR count). The number of hydrogen-bond acceptors (Lipinski definition) is 6. The smallest absolute Gasteiger partial charge is 0.234 e. The molecule has 0 radical (unpaired) electrons. The van der Waals surface area contributed by atoms with Crippen LogP contribution in [0.5, 0.6) is 17.2 Å². The van der Waals surface area contributed by atoms with Gasteiger partial charge in [-0.2, -0.15) is 5.10 Å². The van der Waals surface area contributed by atoms with E-state index in [2.05, 4.69) is 15.3 Å². The van der Waals surface area contributed by atoms with Gasteiger partial charge in [0.25, 0.3) is 0 Å². The minimum absolute atomic E-state index is 0.0627. The lowest BCUT2D eigenvalue weighted by Crippen LogP contribution is -2.38. The third kappa shape index (κ3) is 5.76. The summed E-state index contributed by atoms with van der Waals surface area (Å²) in [5, 5.41) is 7.45. The molecule has 8 heteroatoms. The first-order valence-corrected chi connectivity index (χ1v) is 12.2. The van der Waals surface area contributed by atoms with Crippen LogP contribution in [0.2, 0.25) is 0 Å². The summed E-state index contributed by atoms with van der Waals surface area (Å²) >= 11 is 0. The molecule has 3 aromatic carbocycles. The fraction of sp³-hybridized carbons (Fsp3) is 0.241. The highest BCUT2D eigenvalue weighted by atomic mass is 16.5. The first-order valence-electron chi connectivity index (χ1n) is 12.2. The number of para-hydroxylation sites is 2. The number of nitrogens with zero attached hydrogens (tertiary/aromatic N) is 3.